The van der Waals surface area contributed by atoms with E-state index in [1.165, 1.54) is 70.6 Å². The van der Waals surface area contributed by atoms with E-state index in [1.54, 1.807) is 0 Å². The molecule has 0 nitrogen and oxygen atoms in total. The second-order valence-electron chi connectivity index (χ2n) is 5.21. The van der Waals surface area contributed by atoms with Crippen LogP contribution in [0.4, 0.5) is 0 Å². The third-order valence-electron chi connectivity index (χ3n) is 3.50. The Morgan fingerprint density at radius 1 is 0.750 bits per heavy atom. The van der Waals surface area contributed by atoms with Crippen LogP contribution in [0.5, 0.6) is 0 Å². The van der Waals surface area contributed by atoms with Gasteiger partial charge in [-0.3, -0.25) is 0 Å². The van der Waals surface area contributed by atoms with Gasteiger partial charge < -0.3 is 0 Å². The summed E-state index contributed by atoms with van der Waals surface area (Å²) in [7, 11) is 0. The fourth-order valence-corrected chi connectivity index (χ4v) is 2.42. The van der Waals surface area contributed by atoms with Crippen LogP contribution in [0.15, 0.2) is 0 Å². The first-order chi connectivity index (χ1) is 7.85. The number of unbranched alkanes of at least 4 members (excludes halogenated alkanes) is 6. The van der Waals surface area contributed by atoms with Gasteiger partial charge in [0.2, 0.25) is 0 Å². The Morgan fingerprint density at radius 3 is 1.94 bits per heavy atom. The minimum absolute atomic E-state index is 0.983. The smallest absolute Gasteiger partial charge is 0.0412 e. The zero-order valence-electron chi connectivity index (χ0n) is 11.9. The molecule has 0 rings (SSSR count). The van der Waals surface area contributed by atoms with E-state index < -0.39 is 0 Å². The van der Waals surface area contributed by atoms with Gasteiger partial charge in [0.1, 0.15) is 0 Å². The fourth-order valence-electron chi connectivity index (χ4n) is 2.42. The Hall–Kier alpha value is 0. The lowest BCUT2D eigenvalue weighted by molar-refractivity contribution is 0.406. The Labute approximate surface area is 104 Å². The van der Waals surface area contributed by atoms with E-state index in [1.807, 2.05) is 0 Å². The van der Waals surface area contributed by atoms with Crippen molar-refractivity contribution in [1.82, 2.24) is 0 Å². The van der Waals surface area contributed by atoms with Gasteiger partial charge in [-0.25, -0.2) is 0 Å². The second-order valence-corrected chi connectivity index (χ2v) is 5.21. The lowest BCUT2D eigenvalue weighted by atomic mass is 9.91. The summed E-state index contributed by atoms with van der Waals surface area (Å²) in [4.78, 5) is 0. The predicted molar refractivity (Wildman–Crippen MR) is 75.6 cm³/mol. The van der Waals surface area contributed by atoms with Crippen LogP contribution in [0.3, 0.4) is 0 Å². The van der Waals surface area contributed by atoms with Crippen LogP contribution in [0.25, 0.3) is 0 Å². The highest BCUT2D eigenvalue weighted by molar-refractivity contribution is 4.67. The van der Waals surface area contributed by atoms with Crippen molar-refractivity contribution in [3.05, 3.63) is 6.42 Å². The van der Waals surface area contributed by atoms with Crippen LogP contribution in [-0.2, 0) is 0 Å². The van der Waals surface area contributed by atoms with Crippen molar-refractivity contribution in [3.63, 3.8) is 0 Å². The van der Waals surface area contributed by atoms with Crippen molar-refractivity contribution in [3.8, 4) is 0 Å². The normalized spacial score (nSPS) is 12.9. The van der Waals surface area contributed by atoms with E-state index in [0.717, 1.165) is 5.92 Å². The Kier molecular flexibility index (Phi) is 13.1. The lowest BCUT2D eigenvalue weighted by Crippen LogP contribution is -2.00. The molecule has 0 bridgehead atoms. The van der Waals surface area contributed by atoms with Gasteiger partial charge in [-0.15, -0.1) is 0 Å². The van der Waals surface area contributed by atoms with Crippen LogP contribution in [-0.4, -0.2) is 0 Å². The van der Waals surface area contributed by atoms with Crippen molar-refractivity contribution < 1.29 is 0 Å². The largest absolute Gasteiger partial charge is 0.0654 e. The highest BCUT2D eigenvalue weighted by Gasteiger charge is 2.06. The molecule has 0 aromatic rings. The molecule has 1 atom stereocenters. The van der Waals surface area contributed by atoms with Crippen LogP contribution in [0.2, 0.25) is 0 Å². The maximum Gasteiger partial charge on any atom is -0.0412 e. The quantitative estimate of drug-likeness (QED) is 0.349. The molecule has 0 heteroatoms. The third kappa shape index (κ3) is 10.5. The van der Waals surface area contributed by atoms with Crippen LogP contribution in [0.1, 0.15) is 91.4 Å². The molecule has 0 aliphatic rings. The second kappa shape index (κ2) is 13.1. The minimum Gasteiger partial charge on any atom is -0.0654 e. The number of hydrogen-bond donors (Lipinski definition) is 0. The van der Waals surface area contributed by atoms with E-state index in [-0.39, 0.29) is 0 Å². The Morgan fingerprint density at radius 2 is 1.31 bits per heavy atom. The molecular weight excluding hydrogens is 192 g/mol. The first kappa shape index (κ1) is 16.0. The van der Waals surface area contributed by atoms with Gasteiger partial charge in [0.05, 0.1) is 0 Å². The first-order valence-corrected chi connectivity index (χ1v) is 7.62. The maximum absolute atomic E-state index is 2.36. The fraction of sp³-hybridized carbons (Fsp3) is 0.938. The van der Waals surface area contributed by atoms with Gasteiger partial charge in [-0.1, -0.05) is 85.0 Å². The van der Waals surface area contributed by atoms with Crippen molar-refractivity contribution in [2.45, 2.75) is 91.4 Å². The molecule has 0 aliphatic heterocycles. The first-order valence-electron chi connectivity index (χ1n) is 7.62. The van der Waals surface area contributed by atoms with E-state index in [4.69, 9.17) is 0 Å². The standard InChI is InChI=1S/C16H33/c1-4-7-9-10-11-12-15-16(13-6-3)14-8-5-2/h6,16H,4-5,7-15H2,1-3H3. The van der Waals surface area contributed by atoms with E-state index >= 15 is 0 Å². The van der Waals surface area contributed by atoms with Gasteiger partial charge in [-0.2, -0.15) is 0 Å². The topological polar surface area (TPSA) is 0 Å². The average molecular weight is 225 g/mol. The predicted octanol–water partition coefficient (Wildman–Crippen LogP) is 6.16. The Balaban J connectivity index is 3.36. The molecule has 1 unspecified atom stereocenters. The lowest BCUT2D eigenvalue weighted by Gasteiger charge is -2.15. The molecule has 0 saturated heterocycles. The summed E-state index contributed by atoms with van der Waals surface area (Å²) in [5.74, 6) is 0.983. The summed E-state index contributed by atoms with van der Waals surface area (Å²) >= 11 is 0. The van der Waals surface area contributed by atoms with Gasteiger partial charge in [-0.05, 0) is 18.8 Å². The molecule has 0 heterocycles. The highest BCUT2D eigenvalue weighted by atomic mass is 14.1. The molecule has 0 aliphatic carbocycles. The molecule has 0 spiro atoms. The molecule has 0 aromatic heterocycles. The molecule has 16 heavy (non-hydrogen) atoms. The molecular formula is C16H33. The van der Waals surface area contributed by atoms with E-state index in [9.17, 15) is 0 Å². The Bertz CT molecular complexity index is 117. The summed E-state index contributed by atoms with van der Waals surface area (Å²) in [5.41, 5.74) is 0. The molecule has 0 N–H and O–H groups in total. The third-order valence-corrected chi connectivity index (χ3v) is 3.50. The molecule has 0 aromatic carbocycles. The SMILES string of the molecule is C[CH]CC(CCCC)CCCCCCCC. The molecule has 0 amide bonds. The van der Waals surface area contributed by atoms with Crippen molar-refractivity contribution >= 4 is 0 Å². The monoisotopic (exact) mass is 225 g/mol. The summed E-state index contributed by atoms with van der Waals surface area (Å²) < 4.78 is 0. The molecule has 97 valence electrons. The zero-order chi connectivity index (χ0) is 12.1. The van der Waals surface area contributed by atoms with Gasteiger partial charge in [0.25, 0.3) is 0 Å². The van der Waals surface area contributed by atoms with E-state index in [0.29, 0.717) is 0 Å². The number of rotatable bonds is 12. The maximum atomic E-state index is 2.36. The summed E-state index contributed by atoms with van der Waals surface area (Å²) in [6.45, 7) is 6.80. The number of hydrogen-bond acceptors (Lipinski definition) is 0. The molecule has 1 radical (unpaired) electrons. The highest BCUT2D eigenvalue weighted by Crippen LogP contribution is 2.21. The zero-order valence-corrected chi connectivity index (χ0v) is 11.9. The van der Waals surface area contributed by atoms with Gasteiger partial charge >= 0.3 is 0 Å². The van der Waals surface area contributed by atoms with Crippen molar-refractivity contribution in [2.24, 2.45) is 5.92 Å². The van der Waals surface area contributed by atoms with Crippen LogP contribution in [0, 0.1) is 12.3 Å². The average Bonchev–Trinajstić information content (AvgIpc) is 2.30. The van der Waals surface area contributed by atoms with Crippen molar-refractivity contribution in [1.29, 1.82) is 0 Å². The van der Waals surface area contributed by atoms with Crippen LogP contribution >= 0.6 is 0 Å². The van der Waals surface area contributed by atoms with Gasteiger partial charge in [0, 0.05) is 0 Å². The summed E-state index contributed by atoms with van der Waals surface area (Å²) in [6, 6.07) is 0. The summed E-state index contributed by atoms with van der Waals surface area (Å²) in [5, 5.41) is 0. The van der Waals surface area contributed by atoms with E-state index in [2.05, 4.69) is 27.2 Å². The van der Waals surface area contributed by atoms with Gasteiger partial charge in [0.15, 0.2) is 0 Å². The van der Waals surface area contributed by atoms with Crippen LogP contribution < -0.4 is 0 Å². The molecule has 0 fully saturated rings. The molecule has 0 saturated carbocycles. The summed E-state index contributed by atoms with van der Waals surface area (Å²) in [6.07, 6.45) is 18.0. The minimum atomic E-state index is 0.983. The van der Waals surface area contributed by atoms with Crippen molar-refractivity contribution in [2.75, 3.05) is 0 Å².